The first-order valence-electron chi connectivity index (χ1n) is 11.9. The Hall–Kier alpha value is -1.75. The Morgan fingerprint density at radius 1 is 1.18 bits per heavy atom. The van der Waals surface area contributed by atoms with Crippen LogP contribution in [0, 0.1) is 0 Å². The zero-order chi connectivity index (χ0) is 23.2. The van der Waals surface area contributed by atoms with Crippen molar-refractivity contribution in [2.75, 3.05) is 59.5 Å². The molecule has 9 heteroatoms. The SMILES string of the molecule is CCNC(=NCc1ccc(OCCN(CC)CC)c(OC)c1)NCCCN1CCCC1=O.I. The number of guanidine groups is 1. The van der Waals surface area contributed by atoms with E-state index in [-0.39, 0.29) is 29.9 Å². The molecule has 1 amide bonds. The minimum absolute atomic E-state index is 0. The number of carbonyl (C=O) groups excluding carboxylic acids is 1. The number of halogens is 1. The van der Waals surface area contributed by atoms with Gasteiger partial charge in [0.15, 0.2) is 17.5 Å². The zero-order valence-corrected chi connectivity index (χ0v) is 23.0. The maximum Gasteiger partial charge on any atom is 0.222 e. The van der Waals surface area contributed by atoms with Crippen LogP contribution in [0.15, 0.2) is 23.2 Å². The highest BCUT2D eigenvalue weighted by Gasteiger charge is 2.18. The molecule has 1 aliphatic rings. The topological polar surface area (TPSA) is 78.4 Å². The highest BCUT2D eigenvalue weighted by molar-refractivity contribution is 14.0. The lowest BCUT2D eigenvalue weighted by Crippen LogP contribution is -2.39. The largest absolute Gasteiger partial charge is 0.493 e. The molecule has 0 aromatic heterocycles. The Bertz CT molecular complexity index is 728. The third-order valence-corrected chi connectivity index (χ3v) is 5.62. The van der Waals surface area contributed by atoms with E-state index in [0.29, 0.717) is 19.6 Å². The fourth-order valence-corrected chi connectivity index (χ4v) is 3.68. The second-order valence-corrected chi connectivity index (χ2v) is 7.82. The van der Waals surface area contributed by atoms with E-state index in [1.165, 1.54) is 0 Å². The first kappa shape index (κ1) is 29.3. The summed E-state index contributed by atoms with van der Waals surface area (Å²) < 4.78 is 11.5. The molecule has 0 spiro atoms. The minimum atomic E-state index is 0. The van der Waals surface area contributed by atoms with Crippen LogP contribution in [0.3, 0.4) is 0 Å². The number of nitrogens with one attached hydrogen (secondary N) is 2. The van der Waals surface area contributed by atoms with Crippen molar-refractivity contribution in [2.45, 2.75) is 46.6 Å². The van der Waals surface area contributed by atoms with Gasteiger partial charge in [-0.05, 0) is 50.6 Å². The van der Waals surface area contributed by atoms with Crippen LogP contribution >= 0.6 is 24.0 Å². The van der Waals surface area contributed by atoms with E-state index in [1.807, 2.05) is 30.0 Å². The molecule has 8 nitrogen and oxygen atoms in total. The predicted molar refractivity (Wildman–Crippen MR) is 145 cm³/mol. The van der Waals surface area contributed by atoms with Gasteiger partial charge in [-0.3, -0.25) is 4.79 Å². The van der Waals surface area contributed by atoms with Crippen LogP contribution in [0.5, 0.6) is 11.5 Å². The zero-order valence-electron chi connectivity index (χ0n) is 20.7. The Balaban J connectivity index is 0.00000544. The summed E-state index contributed by atoms with van der Waals surface area (Å²) in [6.45, 7) is 13.7. The minimum Gasteiger partial charge on any atom is -0.493 e. The van der Waals surface area contributed by atoms with Gasteiger partial charge >= 0.3 is 0 Å². The van der Waals surface area contributed by atoms with Crippen LogP contribution in [0.4, 0.5) is 0 Å². The number of hydrogen-bond donors (Lipinski definition) is 2. The summed E-state index contributed by atoms with van der Waals surface area (Å²) in [4.78, 5) is 20.7. The van der Waals surface area contributed by atoms with Gasteiger partial charge in [-0.2, -0.15) is 0 Å². The van der Waals surface area contributed by atoms with Crippen molar-refractivity contribution in [1.29, 1.82) is 0 Å². The Morgan fingerprint density at radius 2 is 1.97 bits per heavy atom. The average molecular weight is 576 g/mol. The van der Waals surface area contributed by atoms with Crippen molar-refractivity contribution < 1.29 is 14.3 Å². The summed E-state index contributed by atoms with van der Waals surface area (Å²) in [5, 5.41) is 6.64. The second kappa shape index (κ2) is 16.8. The molecule has 2 N–H and O–H groups in total. The third kappa shape index (κ3) is 10.4. The molecule has 1 fully saturated rings. The fraction of sp³-hybridized carbons (Fsp3) is 0.667. The quantitative estimate of drug-likeness (QED) is 0.154. The molecule has 1 aromatic carbocycles. The summed E-state index contributed by atoms with van der Waals surface area (Å²) in [7, 11) is 1.66. The smallest absolute Gasteiger partial charge is 0.222 e. The van der Waals surface area contributed by atoms with Crippen LogP contribution in [-0.4, -0.2) is 81.2 Å². The molecule has 0 atom stereocenters. The van der Waals surface area contributed by atoms with E-state index in [1.54, 1.807) is 7.11 Å². The molecule has 1 saturated heterocycles. The lowest BCUT2D eigenvalue weighted by molar-refractivity contribution is -0.127. The molecule has 1 aliphatic heterocycles. The molecule has 0 radical (unpaired) electrons. The lowest BCUT2D eigenvalue weighted by atomic mass is 10.2. The highest BCUT2D eigenvalue weighted by atomic mass is 127. The Kier molecular flexibility index (Phi) is 14.9. The van der Waals surface area contributed by atoms with Gasteiger partial charge in [0, 0.05) is 39.1 Å². The Morgan fingerprint density at radius 3 is 2.61 bits per heavy atom. The number of benzene rings is 1. The van der Waals surface area contributed by atoms with Gasteiger partial charge in [0.25, 0.3) is 0 Å². The van der Waals surface area contributed by atoms with Gasteiger partial charge in [0.1, 0.15) is 6.61 Å². The molecule has 1 heterocycles. The summed E-state index contributed by atoms with van der Waals surface area (Å²) in [6.07, 6.45) is 2.59. The van der Waals surface area contributed by atoms with Gasteiger partial charge in [-0.25, -0.2) is 4.99 Å². The summed E-state index contributed by atoms with van der Waals surface area (Å²) in [5.74, 6) is 2.54. The van der Waals surface area contributed by atoms with Gasteiger partial charge in [0.2, 0.25) is 5.91 Å². The van der Waals surface area contributed by atoms with Crippen LogP contribution in [0.2, 0.25) is 0 Å². The van der Waals surface area contributed by atoms with E-state index in [2.05, 4.69) is 29.4 Å². The number of methoxy groups -OCH3 is 1. The van der Waals surface area contributed by atoms with Crippen molar-refractivity contribution >= 4 is 35.8 Å². The maximum absolute atomic E-state index is 11.7. The standard InChI is InChI=1S/C24H41N5O3.HI/c1-5-25-24(26-13-9-15-29-14-8-10-23(29)30)27-19-20-11-12-21(22(18-20)31-4)32-17-16-28(6-2)7-3;/h11-12,18H,5-10,13-17,19H2,1-4H3,(H2,25,26,27);1H. The van der Waals surface area contributed by atoms with Crippen molar-refractivity contribution in [3.05, 3.63) is 23.8 Å². The average Bonchev–Trinajstić information content (AvgIpc) is 3.22. The first-order valence-corrected chi connectivity index (χ1v) is 11.9. The number of likely N-dealkylation sites (tertiary alicyclic amines) is 1. The van der Waals surface area contributed by atoms with E-state index in [0.717, 1.165) is 81.7 Å². The number of hydrogen-bond acceptors (Lipinski definition) is 5. The molecule has 0 aliphatic carbocycles. The van der Waals surface area contributed by atoms with Crippen molar-refractivity contribution in [3.8, 4) is 11.5 Å². The molecule has 1 aromatic rings. The van der Waals surface area contributed by atoms with Crippen LogP contribution in [-0.2, 0) is 11.3 Å². The summed E-state index contributed by atoms with van der Waals surface area (Å²) in [6, 6.07) is 5.97. The van der Waals surface area contributed by atoms with Crippen LogP contribution in [0.25, 0.3) is 0 Å². The number of ether oxygens (including phenoxy) is 2. The van der Waals surface area contributed by atoms with E-state index >= 15 is 0 Å². The van der Waals surface area contributed by atoms with Crippen LogP contribution in [0.1, 0.15) is 45.6 Å². The van der Waals surface area contributed by atoms with Crippen LogP contribution < -0.4 is 20.1 Å². The second-order valence-electron chi connectivity index (χ2n) is 7.82. The maximum atomic E-state index is 11.7. The van der Waals surface area contributed by atoms with E-state index in [9.17, 15) is 4.79 Å². The molecular formula is C24H42IN5O3. The number of aliphatic imine (C=N–C) groups is 1. The summed E-state index contributed by atoms with van der Waals surface area (Å²) in [5.41, 5.74) is 1.05. The highest BCUT2D eigenvalue weighted by Crippen LogP contribution is 2.28. The molecular weight excluding hydrogens is 533 g/mol. The lowest BCUT2D eigenvalue weighted by Gasteiger charge is -2.19. The fourth-order valence-electron chi connectivity index (χ4n) is 3.68. The van der Waals surface area contributed by atoms with E-state index in [4.69, 9.17) is 14.5 Å². The number of likely N-dealkylation sites (N-methyl/N-ethyl adjacent to an activating group) is 1. The van der Waals surface area contributed by atoms with Crippen molar-refractivity contribution in [3.63, 3.8) is 0 Å². The third-order valence-electron chi connectivity index (χ3n) is 5.62. The monoisotopic (exact) mass is 575 g/mol. The molecule has 2 rings (SSSR count). The number of rotatable bonds is 14. The molecule has 0 bridgehead atoms. The number of amides is 1. The predicted octanol–water partition coefficient (Wildman–Crippen LogP) is 3.10. The first-order chi connectivity index (χ1) is 15.6. The van der Waals surface area contributed by atoms with Gasteiger partial charge in [-0.15, -0.1) is 24.0 Å². The summed E-state index contributed by atoms with van der Waals surface area (Å²) >= 11 is 0. The molecule has 33 heavy (non-hydrogen) atoms. The van der Waals surface area contributed by atoms with Crippen molar-refractivity contribution in [1.82, 2.24) is 20.4 Å². The van der Waals surface area contributed by atoms with Gasteiger partial charge < -0.3 is 29.9 Å². The molecule has 188 valence electrons. The van der Waals surface area contributed by atoms with E-state index < -0.39 is 0 Å². The van der Waals surface area contributed by atoms with Crippen molar-refractivity contribution in [2.24, 2.45) is 4.99 Å². The number of nitrogens with zero attached hydrogens (tertiary/aromatic N) is 3. The van der Waals surface area contributed by atoms with Gasteiger partial charge in [-0.1, -0.05) is 19.9 Å². The van der Waals surface area contributed by atoms with Gasteiger partial charge in [0.05, 0.1) is 13.7 Å². The molecule has 0 unspecified atom stereocenters. The Labute approximate surface area is 216 Å². The number of carbonyl (C=O) groups is 1. The molecule has 0 saturated carbocycles. The normalized spacial score (nSPS) is 13.8.